The lowest BCUT2D eigenvalue weighted by atomic mass is 9.73. The number of aromatic nitrogens is 3. The molecule has 2 fully saturated rings. The van der Waals surface area contributed by atoms with Crippen LogP contribution >= 0.6 is 23.2 Å². The van der Waals surface area contributed by atoms with E-state index in [1.807, 2.05) is 31.5 Å². The number of piperidine rings is 1. The standard InChI is InChI=1S/C23H23Cl2N5/c1-16-7-20(3-5-27-16)30-14-23(15-30)4-2-6-29(13-23)22-12-26-11-21(28-22)17-8-18(24)10-19(25)9-17/h3,5,7-12H,2,4,6,13-15H2,1H3. The molecule has 4 heterocycles. The lowest BCUT2D eigenvalue weighted by Crippen LogP contribution is -2.63. The molecule has 154 valence electrons. The van der Waals surface area contributed by atoms with E-state index in [2.05, 4.69) is 31.9 Å². The van der Waals surface area contributed by atoms with Crippen molar-refractivity contribution in [1.29, 1.82) is 0 Å². The molecule has 5 rings (SSSR count). The molecule has 7 heteroatoms. The lowest BCUT2D eigenvalue weighted by Gasteiger charge is -2.55. The normalized spacial score (nSPS) is 17.8. The second-order valence-corrected chi connectivity index (χ2v) is 9.33. The first-order valence-electron chi connectivity index (χ1n) is 10.2. The first kappa shape index (κ1) is 19.6. The van der Waals surface area contributed by atoms with Crippen molar-refractivity contribution in [3.8, 4) is 11.3 Å². The Morgan fingerprint density at radius 3 is 2.50 bits per heavy atom. The molecule has 0 atom stereocenters. The molecule has 0 unspecified atom stereocenters. The van der Waals surface area contributed by atoms with Crippen LogP contribution in [-0.4, -0.2) is 41.1 Å². The van der Waals surface area contributed by atoms with Crippen molar-refractivity contribution < 1.29 is 0 Å². The van der Waals surface area contributed by atoms with Crippen molar-refractivity contribution in [3.05, 3.63) is 64.7 Å². The fourth-order valence-corrected chi connectivity index (χ4v) is 5.21. The average Bonchev–Trinajstić information content (AvgIpc) is 2.71. The summed E-state index contributed by atoms with van der Waals surface area (Å²) < 4.78 is 0. The quantitative estimate of drug-likeness (QED) is 0.556. The number of hydrogen-bond acceptors (Lipinski definition) is 5. The summed E-state index contributed by atoms with van der Waals surface area (Å²) in [5.41, 5.74) is 4.32. The van der Waals surface area contributed by atoms with Gasteiger partial charge in [-0.1, -0.05) is 23.2 Å². The summed E-state index contributed by atoms with van der Waals surface area (Å²) in [5.74, 6) is 0.917. The second-order valence-electron chi connectivity index (χ2n) is 8.46. The Kier molecular flexibility index (Phi) is 5.03. The van der Waals surface area contributed by atoms with Crippen molar-refractivity contribution in [1.82, 2.24) is 15.0 Å². The summed E-state index contributed by atoms with van der Waals surface area (Å²) in [6.07, 6.45) is 7.94. The molecule has 2 aliphatic rings. The summed E-state index contributed by atoms with van der Waals surface area (Å²) in [4.78, 5) is 18.5. The van der Waals surface area contributed by atoms with Gasteiger partial charge in [-0.3, -0.25) is 9.97 Å². The molecule has 1 spiro atoms. The van der Waals surface area contributed by atoms with Crippen LogP contribution in [0.5, 0.6) is 0 Å². The van der Waals surface area contributed by atoms with Gasteiger partial charge in [0.15, 0.2) is 0 Å². The molecule has 2 saturated heterocycles. The number of anilines is 2. The minimum atomic E-state index is 0.312. The van der Waals surface area contributed by atoms with E-state index in [9.17, 15) is 0 Å². The highest BCUT2D eigenvalue weighted by Gasteiger charge is 2.46. The fraction of sp³-hybridized carbons (Fsp3) is 0.348. The summed E-state index contributed by atoms with van der Waals surface area (Å²) in [5, 5.41) is 1.20. The third-order valence-corrected chi connectivity index (χ3v) is 6.50. The molecular formula is C23H23Cl2N5. The van der Waals surface area contributed by atoms with Gasteiger partial charge in [0.25, 0.3) is 0 Å². The Balaban J connectivity index is 1.33. The Morgan fingerprint density at radius 1 is 0.967 bits per heavy atom. The molecule has 0 bridgehead atoms. The van der Waals surface area contributed by atoms with E-state index in [4.69, 9.17) is 28.2 Å². The zero-order chi connectivity index (χ0) is 20.7. The maximum atomic E-state index is 6.17. The van der Waals surface area contributed by atoms with E-state index in [0.717, 1.165) is 55.4 Å². The van der Waals surface area contributed by atoms with Gasteiger partial charge in [0.2, 0.25) is 0 Å². The maximum absolute atomic E-state index is 6.17. The summed E-state index contributed by atoms with van der Waals surface area (Å²) >= 11 is 12.3. The van der Waals surface area contributed by atoms with Crippen LogP contribution in [-0.2, 0) is 0 Å². The predicted octanol–water partition coefficient (Wildman–Crippen LogP) is 5.26. The number of hydrogen-bond donors (Lipinski definition) is 0. The van der Waals surface area contributed by atoms with Gasteiger partial charge in [0.1, 0.15) is 5.82 Å². The van der Waals surface area contributed by atoms with Crippen molar-refractivity contribution in [2.45, 2.75) is 19.8 Å². The fourth-order valence-electron chi connectivity index (χ4n) is 4.68. The zero-order valence-corrected chi connectivity index (χ0v) is 18.4. The van der Waals surface area contributed by atoms with E-state index in [1.54, 1.807) is 12.3 Å². The summed E-state index contributed by atoms with van der Waals surface area (Å²) in [6.45, 7) is 6.20. The first-order valence-corrected chi connectivity index (χ1v) is 11.0. The number of nitrogens with zero attached hydrogens (tertiary/aromatic N) is 5. The van der Waals surface area contributed by atoms with Gasteiger partial charge in [-0.15, -0.1) is 0 Å². The van der Waals surface area contributed by atoms with E-state index in [1.165, 1.54) is 12.1 Å². The van der Waals surface area contributed by atoms with Gasteiger partial charge in [0, 0.05) is 64.8 Å². The van der Waals surface area contributed by atoms with E-state index < -0.39 is 0 Å². The molecule has 0 N–H and O–H groups in total. The van der Waals surface area contributed by atoms with Gasteiger partial charge < -0.3 is 9.80 Å². The Morgan fingerprint density at radius 2 is 1.73 bits per heavy atom. The molecule has 0 radical (unpaired) electrons. The van der Waals surface area contributed by atoms with Crippen molar-refractivity contribution in [3.63, 3.8) is 0 Å². The highest BCUT2D eigenvalue weighted by Crippen LogP contribution is 2.42. The summed E-state index contributed by atoms with van der Waals surface area (Å²) in [6, 6.07) is 9.74. The van der Waals surface area contributed by atoms with Crippen LogP contribution in [0.4, 0.5) is 11.5 Å². The molecule has 2 aromatic heterocycles. The highest BCUT2D eigenvalue weighted by atomic mass is 35.5. The maximum Gasteiger partial charge on any atom is 0.147 e. The topological polar surface area (TPSA) is 45.2 Å². The number of pyridine rings is 1. The number of halogens is 2. The molecular weight excluding hydrogens is 417 g/mol. The first-order chi connectivity index (χ1) is 14.5. The molecule has 3 aromatic rings. The molecule has 0 aliphatic carbocycles. The largest absolute Gasteiger partial charge is 0.370 e. The van der Waals surface area contributed by atoms with E-state index in [-0.39, 0.29) is 0 Å². The van der Waals surface area contributed by atoms with Crippen LogP contribution in [0.25, 0.3) is 11.3 Å². The number of rotatable bonds is 3. The zero-order valence-electron chi connectivity index (χ0n) is 16.9. The Bertz CT molecular complexity index is 1060. The third kappa shape index (κ3) is 3.84. The Hall–Kier alpha value is -2.37. The van der Waals surface area contributed by atoms with Crippen LogP contribution in [0.2, 0.25) is 10.0 Å². The van der Waals surface area contributed by atoms with Gasteiger partial charge in [-0.25, -0.2) is 4.98 Å². The molecule has 1 aromatic carbocycles. The average molecular weight is 440 g/mol. The molecule has 5 nitrogen and oxygen atoms in total. The monoisotopic (exact) mass is 439 g/mol. The van der Waals surface area contributed by atoms with Gasteiger partial charge in [0.05, 0.1) is 18.1 Å². The van der Waals surface area contributed by atoms with Crippen molar-refractivity contribution in [2.24, 2.45) is 5.41 Å². The van der Waals surface area contributed by atoms with Gasteiger partial charge >= 0.3 is 0 Å². The second kappa shape index (κ2) is 7.71. The number of benzene rings is 1. The summed E-state index contributed by atoms with van der Waals surface area (Å²) in [7, 11) is 0. The van der Waals surface area contributed by atoms with Crippen molar-refractivity contribution >= 4 is 34.7 Å². The van der Waals surface area contributed by atoms with Gasteiger partial charge in [-0.05, 0) is 50.1 Å². The smallest absolute Gasteiger partial charge is 0.147 e. The minimum Gasteiger partial charge on any atom is -0.370 e. The molecule has 30 heavy (non-hydrogen) atoms. The highest BCUT2D eigenvalue weighted by molar-refractivity contribution is 6.35. The number of aryl methyl sites for hydroxylation is 1. The van der Waals surface area contributed by atoms with Crippen molar-refractivity contribution in [2.75, 3.05) is 36.0 Å². The predicted molar refractivity (Wildman–Crippen MR) is 123 cm³/mol. The van der Waals surface area contributed by atoms with Crippen LogP contribution in [0, 0.1) is 12.3 Å². The van der Waals surface area contributed by atoms with E-state index in [0.29, 0.717) is 15.5 Å². The van der Waals surface area contributed by atoms with Crippen LogP contribution in [0.1, 0.15) is 18.5 Å². The third-order valence-electron chi connectivity index (χ3n) is 6.06. The minimum absolute atomic E-state index is 0.312. The molecule has 0 saturated carbocycles. The van der Waals surface area contributed by atoms with Gasteiger partial charge in [-0.2, -0.15) is 0 Å². The lowest BCUT2D eigenvalue weighted by molar-refractivity contribution is 0.174. The SMILES string of the molecule is Cc1cc(N2CC3(CCCN(c4cncc(-c5cc(Cl)cc(Cl)c5)n4)C3)C2)ccn1. The Labute approximate surface area is 186 Å². The van der Waals surface area contributed by atoms with Crippen LogP contribution < -0.4 is 9.80 Å². The molecule has 0 amide bonds. The molecule has 2 aliphatic heterocycles. The van der Waals surface area contributed by atoms with E-state index >= 15 is 0 Å². The van der Waals surface area contributed by atoms with Crippen LogP contribution in [0.15, 0.2) is 48.9 Å². The van der Waals surface area contributed by atoms with Crippen LogP contribution in [0.3, 0.4) is 0 Å².